The number of hydrogen-bond acceptors (Lipinski definition) is 4. The Hall–Kier alpha value is -2.21. The van der Waals surface area contributed by atoms with Crippen molar-refractivity contribution in [1.29, 1.82) is 0 Å². The molecule has 23 heavy (non-hydrogen) atoms. The number of benzene rings is 1. The fourth-order valence-electron chi connectivity index (χ4n) is 2.62. The minimum atomic E-state index is -0.425. The molecule has 0 saturated carbocycles. The van der Waals surface area contributed by atoms with Crippen molar-refractivity contribution < 1.29 is 13.7 Å². The van der Waals surface area contributed by atoms with Gasteiger partial charge in [-0.2, -0.15) is 0 Å². The first kappa shape index (κ1) is 17.1. The van der Waals surface area contributed by atoms with Gasteiger partial charge in [0, 0.05) is 23.7 Å². The molecule has 6 heteroatoms. The summed E-state index contributed by atoms with van der Waals surface area (Å²) in [6, 6.07) is 5.89. The highest BCUT2D eigenvalue weighted by Crippen LogP contribution is 2.21. The molecule has 5 nitrogen and oxygen atoms in total. The van der Waals surface area contributed by atoms with E-state index >= 15 is 0 Å². The predicted molar refractivity (Wildman–Crippen MR) is 85.2 cm³/mol. The zero-order chi connectivity index (χ0) is 17.0. The van der Waals surface area contributed by atoms with E-state index in [1.807, 2.05) is 20.8 Å². The molecule has 0 saturated heterocycles. The van der Waals surface area contributed by atoms with Gasteiger partial charge in [0.15, 0.2) is 0 Å². The molecule has 1 aromatic heterocycles. The molecule has 2 rings (SSSR count). The average molecular weight is 319 g/mol. The Kier molecular flexibility index (Phi) is 5.50. The number of aromatic nitrogens is 1. The molecule has 1 aromatic carbocycles. The van der Waals surface area contributed by atoms with Gasteiger partial charge in [-0.25, -0.2) is 4.39 Å². The summed E-state index contributed by atoms with van der Waals surface area (Å²) in [6.45, 7) is 7.60. The van der Waals surface area contributed by atoms with Crippen LogP contribution in [-0.2, 0) is 11.3 Å². The van der Waals surface area contributed by atoms with E-state index in [-0.39, 0.29) is 24.3 Å². The quantitative estimate of drug-likeness (QED) is 0.859. The highest BCUT2D eigenvalue weighted by molar-refractivity contribution is 5.81. The van der Waals surface area contributed by atoms with Gasteiger partial charge in [0.2, 0.25) is 5.91 Å². The lowest BCUT2D eigenvalue weighted by Crippen LogP contribution is -2.43. The van der Waals surface area contributed by atoms with E-state index in [1.165, 1.54) is 6.07 Å². The monoisotopic (exact) mass is 319 g/mol. The van der Waals surface area contributed by atoms with Crippen LogP contribution in [0.5, 0.6) is 0 Å². The summed E-state index contributed by atoms with van der Waals surface area (Å²) < 4.78 is 18.7. The Bertz CT molecular complexity index is 665. The SMILES string of the molecule is Cc1noc(C)c1[C@H](C)N[C@H](C)C(=O)NCc1ccccc1F. The third-order valence-electron chi connectivity index (χ3n) is 3.83. The van der Waals surface area contributed by atoms with Crippen LogP contribution >= 0.6 is 0 Å². The number of amides is 1. The molecule has 1 amide bonds. The van der Waals surface area contributed by atoms with Gasteiger partial charge in [0.25, 0.3) is 0 Å². The number of nitrogens with zero attached hydrogens (tertiary/aromatic N) is 1. The lowest BCUT2D eigenvalue weighted by molar-refractivity contribution is -0.123. The summed E-state index contributed by atoms with van der Waals surface area (Å²) in [5.74, 6) is 0.228. The van der Waals surface area contributed by atoms with E-state index in [0.717, 1.165) is 17.0 Å². The van der Waals surface area contributed by atoms with Crippen molar-refractivity contribution in [2.45, 2.75) is 46.3 Å². The Labute approximate surface area is 135 Å². The fourth-order valence-corrected chi connectivity index (χ4v) is 2.62. The van der Waals surface area contributed by atoms with E-state index in [9.17, 15) is 9.18 Å². The standard InChI is InChI=1S/C17H22FN3O2/c1-10(16-11(2)21-23-13(16)4)20-12(3)17(22)19-9-14-7-5-6-8-15(14)18/h5-8,10,12,20H,9H2,1-4H3,(H,19,22)/t10-,12+/m0/s1. The van der Waals surface area contributed by atoms with Crippen molar-refractivity contribution in [3.05, 3.63) is 52.7 Å². The maximum atomic E-state index is 13.5. The molecule has 2 aromatic rings. The summed E-state index contributed by atoms with van der Waals surface area (Å²) in [5.41, 5.74) is 2.23. The van der Waals surface area contributed by atoms with Gasteiger partial charge in [-0.3, -0.25) is 10.1 Å². The number of carbonyl (C=O) groups is 1. The second-order valence-corrected chi connectivity index (χ2v) is 5.66. The Morgan fingerprint density at radius 2 is 2.00 bits per heavy atom. The molecule has 0 unspecified atom stereocenters. The van der Waals surface area contributed by atoms with E-state index in [2.05, 4.69) is 15.8 Å². The Morgan fingerprint density at radius 1 is 1.30 bits per heavy atom. The van der Waals surface area contributed by atoms with Crippen molar-refractivity contribution in [2.24, 2.45) is 0 Å². The molecule has 0 aliphatic rings. The number of carbonyl (C=O) groups excluding carboxylic acids is 1. The highest BCUT2D eigenvalue weighted by atomic mass is 19.1. The van der Waals surface area contributed by atoms with Gasteiger partial charge in [-0.05, 0) is 33.8 Å². The van der Waals surface area contributed by atoms with E-state index in [1.54, 1.807) is 25.1 Å². The molecule has 0 spiro atoms. The average Bonchev–Trinajstić information content (AvgIpc) is 2.85. The van der Waals surface area contributed by atoms with Gasteiger partial charge in [-0.15, -0.1) is 0 Å². The second-order valence-electron chi connectivity index (χ2n) is 5.66. The van der Waals surface area contributed by atoms with Crippen molar-refractivity contribution in [2.75, 3.05) is 0 Å². The van der Waals surface area contributed by atoms with Crippen molar-refractivity contribution in [1.82, 2.24) is 15.8 Å². The molecule has 0 fully saturated rings. The zero-order valence-corrected chi connectivity index (χ0v) is 13.8. The van der Waals surface area contributed by atoms with E-state index < -0.39 is 6.04 Å². The first-order valence-corrected chi connectivity index (χ1v) is 7.60. The highest BCUT2D eigenvalue weighted by Gasteiger charge is 2.21. The van der Waals surface area contributed by atoms with Gasteiger partial charge >= 0.3 is 0 Å². The van der Waals surface area contributed by atoms with Gasteiger partial charge in [0.1, 0.15) is 11.6 Å². The summed E-state index contributed by atoms with van der Waals surface area (Å²) >= 11 is 0. The first-order valence-electron chi connectivity index (χ1n) is 7.60. The van der Waals surface area contributed by atoms with Crippen LogP contribution in [0.4, 0.5) is 4.39 Å². The van der Waals surface area contributed by atoms with Gasteiger partial charge in [0.05, 0.1) is 11.7 Å². The number of aryl methyl sites for hydroxylation is 2. The third-order valence-corrected chi connectivity index (χ3v) is 3.83. The molecule has 0 aliphatic heterocycles. The van der Waals surface area contributed by atoms with Crippen molar-refractivity contribution in [3.63, 3.8) is 0 Å². The topological polar surface area (TPSA) is 67.2 Å². The maximum Gasteiger partial charge on any atom is 0.237 e. The number of nitrogens with one attached hydrogen (secondary N) is 2. The van der Waals surface area contributed by atoms with Gasteiger partial charge in [-0.1, -0.05) is 23.4 Å². The van der Waals surface area contributed by atoms with E-state index in [0.29, 0.717) is 5.56 Å². The summed E-state index contributed by atoms with van der Waals surface area (Å²) in [7, 11) is 0. The zero-order valence-electron chi connectivity index (χ0n) is 13.8. The lowest BCUT2D eigenvalue weighted by Gasteiger charge is -2.19. The first-order chi connectivity index (χ1) is 10.9. The molecule has 0 bridgehead atoms. The minimum Gasteiger partial charge on any atom is -0.361 e. The molecule has 1 heterocycles. The molecule has 2 N–H and O–H groups in total. The Morgan fingerprint density at radius 3 is 2.61 bits per heavy atom. The van der Waals surface area contributed by atoms with Crippen LogP contribution in [-0.4, -0.2) is 17.1 Å². The van der Waals surface area contributed by atoms with Crippen LogP contribution in [0, 0.1) is 19.7 Å². The van der Waals surface area contributed by atoms with Crippen LogP contribution in [0.25, 0.3) is 0 Å². The predicted octanol–water partition coefficient (Wildman–Crippen LogP) is 2.79. The molecular weight excluding hydrogens is 297 g/mol. The number of rotatable bonds is 6. The second kappa shape index (κ2) is 7.37. The number of hydrogen-bond donors (Lipinski definition) is 2. The Balaban J connectivity index is 1.91. The van der Waals surface area contributed by atoms with Crippen LogP contribution < -0.4 is 10.6 Å². The summed E-state index contributed by atoms with van der Waals surface area (Å²) in [6.07, 6.45) is 0. The van der Waals surface area contributed by atoms with Crippen LogP contribution in [0.1, 0.15) is 42.5 Å². The smallest absolute Gasteiger partial charge is 0.237 e. The fraction of sp³-hybridized carbons (Fsp3) is 0.412. The largest absolute Gasteiger partial charge is 0.361 e. The third kappa shape index (κ3) is 4.16. The normalized spacial score (nSPS) is 13.6. The van der Waals surface area contributed by atoms with Crippen LogP contribution in [0.2, 0.25) is 0 Å². The minimum absolute atomic E-state index is 0.0736. The lowest BCUT2D eigenvalue weighted by atomic mass is 10.1. The molecule has 124 valence electrons. The summed E-state index contributed by atoms with van der Waals surface area (Å²) in [5, 5.41) is 9.87. The molecular formula is C17H22FN3O2. The van der Waals surface area contributed by atoms with Crippen molar-refractivity contribution >= 4 is 5.91 Å². The molecule has 0 radical (unpaired) electrons. The van der Waals surface area contributed by atoms with Crippen LogP contribution in [0.3, 0.4) is 0 Å². The number of halogens is 1. The molecule has 2 atom stereocenters. The van der Waals surface area contributed by atoms with Crippen molar-refractivity contribution in [3.8, 4) is 0 Å². The van der Waals surface area contributed by atoms with Gasteiger partial charge < -0.3 is 9.84 Å². The maximum absolute atomic E-state index is 13.5. The summed E-state index contributed by atoms with van der Waals surface area (Å²) in [4.78, 5) is 12.2. The molecule has 0 aliphatic carbocycles. The van der Waals surface area contributed by atoms with E-state index in [4.69, 9.17) is 4.52 Å². The van der Waals surface area contributed by atoms with Crippen LogP contribution in [0.15, 0.2) is 28.8 Å².